The number of hydrogen-bond acceptors (Lipinski definition) is 9. The van der Waals surface area contributed by atoms with E-state index in [-0.39, 0.29) is 10.9 Å². The number of aromatic nitrogens is 3. The van der Waals surface area contributed by atoms with Crippen LogP contribution in [0.3, 0.4) is 0 Å². The van der Waals surface area contributed by atoms with Crippen LogP contribution in [0.2, 0.25) is 0 Å². The number of rotatable bonds is 12. The third-order valence-electron chi connectivity index (χ3n) is 10.3. The molecule has 268 valence electrons. The maximum Gasteiger partial charge on any atom is 0.393 e. The largest absolute Gasteiger partial charge is 0.393 e. The SMILES string of the molecule is CNc1nc(NC2CCN(Cc3ccc4c(cc(C#N)n4CCN4CCN(S(=O)CC5CC5)CC4)c3C)CC2)c2cc(CC(F)(F)F)sc2n1. The van der Waals surface area contributed by atoms with Crippen LogP contribution in [-0.2, 0) is 30.5 Å². The van der Waals surface area contributed by atoms with E-state index in [1.807, 2.05) is 6.07 Å². The van der Waals surface area contributed by atoms with Crippen LogP contribution in [0.1, 0.15) is 47.4 Å². The highest BCUT2D eigenvalue weighted by atomic mass is 32.2. The first-order valence-corrected chi connectivity index (χ1v) is 19.6. The predicted molar refractivity (Wildman–Crippen MR) is 194 cm³/mol. The number of hydrogen-bond donors (Lipinski definition) is 2. The summed E-state index contributed by atoms with van der Waals surface area (Å²) in [5, 5.41) is 18.2. The van der Waals surface area contributed by atoms with Crippen LogP contribution < -0.4 is 10.6 Å². The Balaban J connectivity index is 0.956. The number of piperidine rings is 1. The monoisotopic (exact) mass is 727 g/mol. The standard InChI is InChI=1S/C35H44F3N9OS2/c1-23-25(5-6-31-29(23)17-27(20-39)47(31)16-13-44-11-14-46(15-12-44)50(48)22-24-3-4-24)21-45-9-7-26(8-10-45)41-32-30-18-28(19-35(36,37)38)49-33(30)43-34(40-2)42-32/h5-6,17-18,24,26H,3-4,7-16,19,21-22H2,1-2H3,(H2,40,41,42,43). The van der Waals surface area contributed by atoms with Gasteiger partial charge in [-0.25, -0.2) is 13.5 Å². The lowest BCUT2D eigenvalue weighted by atomic mass is 10.0. The van der Waals surface area contributed by atoms with Gasteiger partial charge in [-0.15, -0.1) is 11.3 Å². The summed E-state index contributed by atoms with van der Waals surface area (Å²) in [4.78, 5) is 14.6. The number of piperazine rings is 1. The molecule has 2 saturated heterocycles. The summed E-state index contributed by atoms with van der Waals surface area (Å²) in [7, 11) is 0.846. The third-order valence-corrected chi connectivity index (χ3v) is 13.0. The number of anilines is 2. The van der Waals surface area contributed by atoms with Crippen molar-refractivity contribution >= 4 is 55.2 Å². The molecular formula is C35H44F3N9OS2. The number of likely N-dealkylation sites (tertiary alicyclic amines) is 1. The molecule has 0 amide bonds. The number of alkyl halides is 3. The summed E-state index contributed by atoms with van der Waals surface area (Å²) in [6.07, 6.45) is -1.05. The molecule has 0 bridgehead atoms. The lowest BCUT2D eigenvalue weighted by molar-refractivity contribution is -0.126. The smallest absolute Gasteiger partial charge is 0.367 e. The molecule has 3 aromatic heterocycles. The lowest BCUT2D eigenvalue weighted by Gasteiger charge is -2.34. The maximum absolute atomic E-state index is 13.1. The first-order valence-electron chi connectivity index (χ1n) is 17.5. The van der Waals surface area contributed by atoms with Crippen molar-refractivity contribution in [2.45, 2.75) is 64.3 Å². The van der Waals surface area contributed by atoms with Crippen LogP contribution in [-0.4, -0.2) is 104 Å². The lowest BCUT2D eigenvalue weighted by Crippen LogP contribution is -2.48. The highest BCUT2D eigenvalue weighted by Gasteiger charge is 2.30. The summed E-state index contributed by atoms with van der Waals surface area (Å²) in [6, 6.07) is 10.5. The molecule has 1 unspecified atom stereocenters. The molecule has 3 fully saturated rings. The minimum Gasteiger partial charge on any atom is -0.367 e. The Hall–Kier alpha value is -3.29. The second kappa shape index (κ2) is 14.7. The molecule has 15 heteroatoms. The number of aryl methyl sites for hydroxylation is 1. The predicted octanol–water partition coefficient (Wildman–Crippen LogP) is 5.74. The van der Waals surface area contributed by atoms with E-state index < -0.39 is 23.6 Å². The molecule has 0 radical (unpaired) electrons. The Morgan fingerprint density at radius 3 is 2.44 bits per heavy atom. The number of nitriles is 1. The van der Waals surface area contributed by atoms with E-state index in [9.17, 15) is 22.6 Å². The average Bonchev–Trinajstić information content (AvgIpc) is 3.70. The first kappa shape index (κ1) is 35.1. The van der Waals surface area contributed by atoms with Crippen LogP contribution in [0.5, 0.6) is 0 Å². The molecular weight excluding hydrogens is 684 g/mol. The second-order valence-corrected chi connectivity index (χ2v) is 16.4. The summed E-state index contributed by atoms with van der Waals surface area (Å²) >= 11 is 1.06. The van der Waals surface area contributed by atoms with E-state index in [1.54, 1.807) is 13.1 Å². The molecule has 4 aromatic rings. The molecule has 2 N–H and O–H groups in total. The van der Waals surface area contributed by atoms with Gasteiger partial charge in [0.25, 0.3) is 0 Å². The summed E-state index contributed by atoms with van der Waals surface area (Å²) < 4.78 is 56.2. The minimum atomic E-state index is -4.28. The van der Waals surface area contributed by atoms with Gasteiger partial charge >= 0.3 is 6.18 Å². The van der Waals surface area contributed by atoms with Crippen molar-refractivity contribution in [3.8, 4) is 6.07 Å². The average molecular weight is 728 g/mol. The van der Waals surface area contributed by atoms with Gasteiger partial charge in [0, 0.05) is 93.5 Å². The molecule has 1 saturated carbocycles. The zero-order valence-electron chi connectivity index (χ0n) is 28.6. The zero-order valence-corrected chi connectivity index (χ0v) is 30.2. The van der Waals surface area contributed by atoms with Crippen LogP contribution in [0.15, 0.2) is 24.3 Å². The van der Waals surface area contributed by atoms with Crippen LogP contribution in [0.4, 0.5) is 24.9 Å². The number of nitrogens with one attached hydrogen (secondary N) is 2. The fourth-order valence-electron chi connectivity index (χ4n) is 7.16. The Labute approximate surface area is 297 Å². The van der Waals surface area contributed by atoms with Gasteiger partial charge in [0.1, 0.15) is 22.4 Å². The van der Waals surface area contributed by atoms with Crippen molar-refractivity contribution in [3.05, 3.63) is 46.0 Å². The Morgan fingerprint density at radius 1 is 1.00 bits per heavy atom. The van der Waals surface area contributed by atoms with E-state index in [0.717, 1.165) is 99.7 Å². The van der Waals surface area contributed by atoms with Gasteiger partial charge in [0.15, 0.2) is 0 Å². The fraction of sp³-hybridized carbons (Fsp3) is 0.571. The molecule has 50 heavy (non-hydrogen) atoms. The van der Waals surface area contributed by atoms with Crippen molar-refractivity contribution in [1.82, 2.24) is 28.6 Å². The number of halogens is 3. The Morgan fingerprint density at radius 2 is 1.76 bits per heavy atom. The number of benzene rings is 1. The molecule has 1 aliphatic carbocycles. The second-order valence-electron chi connectivity index (χ2n) is 13.8. The number of nitrogens with zero attached hydrogens (tertiary/aromatic N) is 7. The maximum atomic E-state index is 13.1. The van der Waals surface area contributed by atoms with E-state index in [0.29, 0.717) is 33.6 Å². The van der Waals surface area contributed by atoms with Gasteiger partial charge in [0.05, 0.1) is 22.8 Å². The quantitative estimate of drug-likeness (QED) is 0.191. The van der Waals surface area contributed by atoms with Crippen LogP contribution >= 0.6 is 11.3 Å². The molecule has 0 spiro atoms. The van der Waals surface area contributed by atoms with Gasteiger partial charge in [-0.2, -0.15) is 23.4 Å². The molecule has 10 nitrogen and oxygen atoms in total. The molecule has 1 aromatic carbocycles. The first-order chi connectivity index (χ1) is 24.1. The Bertz CT molecular complexity index is 1900. The molecule has 7 rings (SSSR count). The number of thiophene rings is 1. The summed E-state index contributed by atoms with van der Waals surface area (Å²) in [5.74, 6) is 2.44. The topological polar surface area (TPSA) is 105 Å². The van der Waals surface area contributed by atoms with Gasteiger partial charge < -0.3 is 15.2 Å². The minimum absolute atomic E-state index is 0.142. The Kier molecular flexibility index (Phi) is 10.4. The van der Waals surface area contributed by atoms with Gasteiger partial charge in [-0.3, -0.25) is 9.80 Å². The van der Waals surface area contributed by atoms with Gasteiger partial charge in [-0.05, 0) is 67.9 Å². The summed E-state index contributed by atoms with van der Waals surface area (Å²) in [5.41, 5.74) is 4.19. The van der Waals surface area contributed by atoms with Crippen molar-refractivity contribution in [2.75, 3.05) is 69.2 Å². The molecule has 1 atom stereocenters. The van der Waals surface area contributed by atoms with E-state index in [4.69, 9.17) is 0 Å². The normalized spacial score (nSPS) is 19.3. The van der Waals surface area contributed by atoms with E-state index in [2.05, 4.69) is 64.4 Å². The van der Waals surface area contributed by atoms with Crippen molar-refractivity contribution in [2.24, 2.45) is 5.92 Å². The van der Waals surface area contributed by atoms with Gasteiger partial charge in [0.2, 0.25) is 5.95 Å². The van der Waals surface area contributed by atoms with Crippen molar-refractivity contribution in [1.29, 1.82) is 5.26 Å². The van der Waals surface area contributed by atoms with Crippen molar-refractivity contribution < 1.29 is 17.4 Å². The zero-order chi connectivity index (χ0) is 35.0. The highest BCUT2D eigenvalue weighted by Crippen LogP contribution is 2.35. The van der Waals surface area contributed by atoms with Crippen LogP contribution in [0.25, 0.3) is 21.1 Å². The molecule has 3 aliphatic rings. The molecule has 5 heterocycles. The van der Waals surface area contributed by atoms with Crippen LogP contribution in [0, 0.1) is 24.2 Å². The molecule has 2 aliphatic heterocycles. The highest BCUT2D eigenvalue weighted by molar-refractivity contribution is 7.82. The summed E-state index contributed by atoms with van der Waals surface area (Å²) in [6.45, 7) is 9.73. The fourth-order valence-corrected chi connectivity index (χ4v) is 9.74. The number of fused-ring (bicyclic) bond motifs is 2. The van der Waals surface area contributed by atoms with E-state index in [1.165, 1.54) is 24.0 Å². The van der Waals surface area contributed by atoms with Crippen molar-refractivity contribution in [3.63, 3.8) is 0 Å². The van der Waals surface area contributed by atoms with E-state index >= 15 is 0 Å². The van der Waals surface area contributed by atoms with Gasteiger partial charge in [-0.1, -0.05) is 6.07 Å². The third kappa shape index (κ3) is 8.10.